The first-order valence-electron chi connectivity index (χ1n) is 12.0. The molecule has 1 aliphatic heterocycles. The van der Waals surface area contributed by atoms with E-state index in [-0.39, 0.29) is 18.4 Å². The van der Waals surface area contributed by atoms with Crippen molar-refractivity contribution in [1.29, 1.82) is 0 Å². The van der Waals surface area contributed by atoms with Crippen LogP contribution in [0.1, 0.15) is 24.0 Å². The standard InChI is InChI=1S/C26H31F2N5O3/c1-3-36-25-17(2)24(33(31-25)20-7-5-4-6-8-20)30-26(35)29-14-19-15-32(11-12-34)16-21(19)18-9-10-22(27)23(28)13-18/h4-10,13,19,21,34H,3,11-12,14-16H2,1-2H3,(H2,29,30,35). The second-order valence-corrected chi connectivity index (χ2v) is 8.82. The quantitative estimate of drug-likeness (QED) is 0.418. The molecule has 1 aliphatic rings. The van der Waals surface area contributed by atoms with Crippen LogP contribution in [0.4, 0.5) is 19.4 Å². The maximum atomic E-state index is 13.9. The lowest BCUT2D eigenvalue weighted by atomic mass is 9.89. The lowest BCUT2D eigenvalue weighted by Gasteiger charge is -2.20. The number of anilines is 1. The molecule has 0 radical (unpaired) electrons. The fourth-order valence-corrected chi connectivity index (χ4v) is 4.64. The molecule has 192 valence electrons. The molecule has 1 fully saturated rings. The molecule has 1 aromatic heterocycles. The van der Waals surface area contributed by atoms with Gasteiger partial charge in [0, 0.05) is 32.1 Å². The summed E-state index contributed by atoms with van der Waals surface area (Å²) in [7, 11) is 0. The highest BCUT2D eigenvalue weighted by Crippen LogP contribution is 2.33. The number of urea groups is 1. The Morgan fingerprint density at radius 3 is 2.64 bits per heavy atom. The average Bonchev–Trinajstić information content (AvgIpc) is 3.42. The van der Waals surface area contributed by atoms with Crippen molar-refractivity contribution in [3.05, 3.63) is 71.3 Å². The predicted molar refractivity (Wildman–Crippen MR) is 133 cm³/mol. The van der Waals surface area contributed by atoms with Crippen LogP contribution in [0.2, 0.25) is 0 Å². The van der Waals surface area contributed by atoms with E-state index in [2.05, 4.69) is 20.6 Å². The number of rotatable bonds is 9. The number of likely N-dealkylation sites (tertiary alicyclic amines) is 1. The Morgan fingerprint density at radius 2 is 1.94 bits per heavy atom. The van der Waals surface area contributed by atoms with Crippen molar-refractivity contribution in [3.63, 3.8) is 0 Å². The normalized spacial score (nSPS) is 17.8. The molecule has 10 heteroatoms. The van der Waals surface area contributed by atoms with E-state index in [4.69, 9.17) is 4.74 Å². The van der Waals surface area contributed by atoms with E-state index in [1.54, 1.807) is 10.7 Å². The average molecular weight is 500 g/mol. The number of aliphatic hydroxyl groups excluding tert-OH is 1. The fraction of sp³-hybridized carbons (Fsp3) is 0.385. The van der Waals surface area contributed by atoms with Crippen molar-refractivity contribution < 1.29 is 23.4 Å². The maximum absolute atomic E-state index is 13.9. The van der Waals surface area contributed by atoms with Gasteiger partial charge < -0.3 is 20.1 Å². The van der Waals surface area contributed by atoms with Crippen LogP contribution in [0.5, 0.6) is 5.88 Å². The first kappa shape index (κ1) is 25.6. The number of hydrogen-bond acceptors (Lipinski definition) is 5. The van der Waals surface area contributed by atoms with Crippen molar-refractivity contribution in [2.45, 2.75) is 19.8 Å². The summed E-state index contributed by atoms with van der Waals surface area (Å²) in [6, 6.07) is 12.9. The highest BCUT2D eigenvalue weighted by molar-refractivity contribution is 5.89. The van der Waals surface area contributed by atoms with Gasteiger partial charge in [0.2, 0.25) is 5.88 Å². The van der Waals surface area contributed by atoms with Gasteiger partial charge in [-0.05, 0) is 49.6 Å². The van der Waals surface area contributed by atoms with E-state index in [9.17, 15) is 18.7 Å². The molecule has 3 N–H and O–H groups in total. The van der Waals surface area contributed by atoms with Gasteiger partial charge in [0.05, 0.1) is 24.5 Å². The second-order valence-electron chi connectivity index (χ2n) is 8.82. The third-order valence-electron chi connectivity index (χ3n) is 6.42. The topological polar surface area (TPSA) is 91.6 Å². The Kier molecular flexibility index (Phi) is 8.17. The van der Waals surface area contributed by atoms with Gasteiger partial charge in [-0.15, -0.1) is 5.10 Å². The minimum atomic E-state index is -0.896. The summed E-state index contributed by atoms with van der Waals surface area (Å²) < 4.78 is 34.6. The number of β-amino-alcohol motifs (C(OH)–C–C–N with tert-alkyl or cyclic N) is 1. The van der Waals surface area contributed by atoms with Gasteiger partial charge in [-0.2, -0.15) is 0 Å². The van der Waals surface area contributed by atoms with Gasteiger partial charge in [0.1, 0.15) is 5.82 Å². The number of carbonyl (C=O) groups excluding carboxylic acids is 1. The molecular formula is C26H31F2N5O3. The fourth-order valence-electron chi connectivity index (χ4n) is 4.64. The zero-order chi connectivity index (χ0) is 25.7. The van der Waals surface area contributed by atoms with Crippen LogP contribution in [-0.4, -0.2) is 65.2 Å². The van der Waals surface area contributed by atoms with E-state index in [1.165, 1.54) is 6.07 Å². The third kappa shape index (κ3) is 5.66. The molecule has 2 aromatic carbocycles. The summed E-state index contributed by atoms with van der Waals surface area (Å²) in [6.45, 7) is 6.11. The Morgan fingerprint density at radius 1 is 1.17 bits per heavy atom. The molecule has 1 saturated heterocycles. The van der Waals surface area contributed by atoms with Gasteiger partial charge in [0.25, 0.3) is 0 Å². The van der Waals surface area contributed by atoms with E-state index in [0.717, 1.165) is 11.8 Å². The highest BCUT2D eigenvalue weighted by atomic mass is 19.2. The van der Waals surface area contributed by atoms with Gasteiger partial charge in [-0.3, -0.25) is 5.32 Å². The summed E-state index contributed by atoms with van der Waals surface area (Å²) in [5.74, 6) is -1.03. The molecule has 2 atom stereocenters. The number of aromatic nitrogens is 2. The van der Waals surface area contributed by atoms with Crippen LogP contribution in [-0.2, 0) is 0 Å². The van der Waals surface area contributed by atoms with Crippen LogP contribution in [0.3, 0.4) is 0 Å². The molecular weight excluding hydrogens is 468 g/mol. The molecule has 2 unspecified atom stereocenters. The SMILES string of the molecule is CCOc1nn(-c2ccccc2)c(NC(=O)NCC2CN(CCO)CC2c2ccc(F)c(F)c2)c1C. The van der Waals surface area contributed by atoms with Crippen molar-refractivity contribution in [2.24, 2.45) is 5.92 Å². The number of nitrogens with one attached hydrogen (secondary N) is 2. The third-order valence-corrected chi connectivity index (χ3v) is 6.42. The lowest BCUT2D eigenvalue weighted by Crippen LogP contribution is -2.36. The smallest absolute Gasteiger partial charge is 0.320 e. The molecule has 2 amide bonds. The van der Waals surface area contributed by atoms with Crippen molar-refractivity contribution in [1.82, 2.24) is 20.0 Å². The van der Waals surface area contributed by atoms with Gasteiger partial charge in [-0.25, -0.2) is 18.3 Å². The number of carbonyl (C=O) groups is 1. The molecule has 0 bridgehead atoms. The Bertz CT molecular complexity index is 1190. The number of aliphatic hydroxyl groups is 1. The summed E-state index contributed by atoms with van der Waals surface area (Å²) in [5.41, 5.74) is 2.14. The molecule has 0 saturated carbocycles. The van der Waals surface area contributed by atoms with Crippen LogP contribution in [0.15, 0.2) is 48.5 Å². The first-order chi connectivity index (χ1) is 17.4. The molecule has 0 spiro atoms. The van der Waals surface area contributed by atoms with Gasteiger partial charge >= 0.3 is 6.03 Å². The number of benzene rings is 2. The number of amides is 2. The monoisotopic (exact) mass is 499 g/mol. The Hall–Kier alpha value is -3.50. The first-order valence-corrected chi connectivity index (χ1v) is 12.0. The highest BCUT2D eigenvalue weighted by Gasteiger charge is 2.34. The largest absolute Gasteiger partial charge is 0.477 e. The summed E-state index contributed by atoms with van der Waals surface area (Å²) in [6.07, 6.45) is 0. The Balaban J connectivity index is 1.49. The van der Waals surface area contributed by atoms with Crippen LogP contribution in [0, 0.1) is 24.5 Å². The van der Waals surface area contributed by atoms with Gasteiger partial charge in [-0.1, -0.05) is 24.3 Å². The second kappa shape index (κ2) is 11.5. The number of hydrogen-bond donors (Lipinski definition) is 3. The maximum Gasteiger partial charge on any atom is 0.320 e. The van der Waals surface area contributed by atoms with E-state index in [0.29, 0.717) is 55.6 Å². The van der Waals surface area contributed by atoms with E-state index in [1.807, 2.05) is 44.2 Å². The van der Waals surface area contributed by atoms with Crippen LogP contribution >= 0.6 is 0 Å². The molecule has 2 heterocycles. The number of para-hydroxylation sites is 1. The molecule has 4 rings (SSSR count). The zero-order valence-corrected chi connectivity index (χ0v) is 20.4. The Labute approximate surface area is 208 Å². The van der Waals surface area contributed by atoms with Crippen molar-refractivity contribution in [2.75, 3.05) is 44.7 Å². The summed E-state index contributed by atoms with van der Waals surface area (Å²) in [5, 5.41) is 19.7. The van der Waals surface area contributed by atoms with Crippen LogP contribution < -0.4 is 15.4 Å². The lowest BCUT2D eigenvalue weighted by molar-refractivity contribution is 0.216. The van der Waals surface area contributed by atoms with E-state index < -0.39 is 17.7 Å². The van der Waals surface area contributed by atoms with Crippen molar-refractivity contribution in [3.8, 4) is 11.6 Å². The number of halogens is 2. The predicted octanol–water partition coefficient (Wildman–Crippen LogP) is 3.69. The minimum absolute atomic E-state index is 0.00392. The molecule has 3 aromatic rings. The molecule has 8 nitrogen and oxygen atoms in total. The summed E-state index contributed by atoms with van der Waals surface area (Å²) >= 11 is 0. The van der Waals surface area contributed by atoms with Gasteiger partial charge in [0.15, 0.2) is 11.6 Å². The molecule has 0 aliphatic carbocycles. The molecule has 36 heavy (non-hydrogen) atoms. The minimum Gasteiger partial charge on any atom is -0.477 e. The van der Waals surface area contributed by atoms with Crippen LogP contribution in [0.25, 0.3) is 5.69 Å². The van der Waals surface area contributed by atoms with E-state index >= 15 is 0 Å². The zero-order valence-electron chi connectivity index (χ0n) is 20.4. The number of nitrogens with zero attached hydrogens (tertiary/aromatic N) is 3. The summed E-state index contributed by atoms with van der Waals surface area (Å²) in [4.78, 5) is 15.0. The van der Waals surface area contributed by atoms with Crippen molar-refractivity contribution >= 4 is 11.8 Å². The number of ether oxygens (including phenoxy) is 1.